The molecule has 0 radical (unpaired) electrons. The van der Waals surface area contributed by atoms with Crippen LogP contribution < -0.4 is 4.74 Å². The van der Waals surface area contributed by atoms with E-state index in [9.17, 15) is 4.79 Å². The molecule has 0 saturated heterocycles. The Kier molecular flexibility index (Phi) is 5.68. The summed E-state index contributed by atoms with van der Waals surface area (Å²) >= 11 is 0. The van der Waals surface area contributed by atoms with E-state index >= 15 is 0 Å². The van der Waals surface area contributed by atoms with Gasteiger partial charge < -0.3 is 9.47 Å². The number of fused-ring (bicyclic) bond motifs is 1. The second kappa shape index (κ2) is 8.89. The van der Waals surface area contributed by atoms with Gasteiger partial charge in [-0.25, -0.2) is 4.79 Å². The van der Waals surface area contributed by atoms with E-state index < -0.39 is 0 Å². The van der Waals surface area contributed by atoms with E-state index in [2.05, 4.69) is 12.1 Å². The van der Waals surface area contributed by atoms with E-state index in [1.165, 1.54) is 6.08 Å². The van der Waals surface area contributed by atoms with Crippen LogP contribution in [0.1, 0.15) is 11.1 Å². The van der Waals surface area contributed by atoms with Gasteiger partial charge in [0.25, 0.3) is 0 Å². The number of rotatable bonds is 6. The highest BCUT2D eigenvalue weighted by Gasteiger charge is 2.03. The molecule has 4 aromatic rings. The molecule has 0 N–H and O–H groups in total. The maximum Gasteiger partial charge on any atom is 0.331 e. The molecule has 4 aromatic carbocycles. The Morgan fingerprint density at radius 2 is 1.48 bits per heavy atom. The standard InChI is InChI=1S/C26H20O3/c27-26(17-16-22-11-7-10-21-9-4-5-15-25(21)22)28-19-20-8-6-14-24(18-20)29-23-12-2-1-3-13-23/h1-18H,19H2. The molecule has 0 saturated carbocycles. The van der Waals surface area contributed by atoms with Gasteiger partial charge in [0.15, 0.2) is 0 Å². The first kappa shape index (κ1) is 18.5. The molecule has 3 nitrogen and oxygen atoms in total. The largest absolute Gasteiger partial charge is 0.458 e. The fourth-order valence-corrected chi connectivity index (χ4v) is 3.08. The zero-order valence-electron chi connectivity index (χ0n) is 15.8. The van der Waals surface area contributed by atoms with Crippen LogP contribution in [0.15, 0.2) is 103 Å². The lowest BCUT2D eigenvalue weighted by Gasteiger charge is -2.08. The molecule has 0 aliphatic rings. The van der Waals surface area contributed by atoms with Gasteiger partial charge in [0.1, 0.15) is 18.1 Å². The summed E-state index contributed by atoms with van der Waals surface area (Å²) in [5.74, 6) is 1.09. The third-order valence-corrected chi connectivity index (χ3v) is 4.48. The van der Waals surface area contributed by atoms with Crippen LogP contribution in [0.2, 0.25) is 0 Å². The van der Waals surface area contributed by atoms with E-state index in [1.807, 2.05) is 84.9 Å². The summed E-state index contributed by atoms with van der Waals surface area (Å²) in [4.78, 5) is 12.2. The molecule has 0 bridgehead atoms. The van der Waals surface area contributed by atoms with Crippen molar-refractivity contribution in [2.75, 3.05) is 0 Å². The normalized spacial score (nSPS) is 10.9. The Morgan fingerprint density at radius 3 is 2.38 bits per heavy atom. The third kappa shape index (κ3) is 4.90. The quantitative estimate of drug-likeness (QED) is 0.287. The van der Waals surface area contributed by atoms with Crippen LogP contribution in [-0.2, 0) is 16.1 Å². The van der Waals surface area contributed by atoms with Crippen LogP contribution in [0.25, 0.3) is 16.8 Å². The van der Waals surface area contributed by atoms with Crippen LogP contribution in [-0.4, -0.2) is 5.97 Å². The van der Waals surface area contributed by atoms with E-state index in [0.717, 1.165) is 27.6 Å². The van der Waals surface area contributed by atoms with Gasteiger partial charge in [0, 0.05) is 6.08 Å². The summed E-state index contributed by atoms with van der Waals surface area (Å²) in [5, 5.41) is 2.24. The number of carbonyl (C=O) groups is 1. The highest BCUT2D eigenvalue weighted by atomic mass is 16.5. The molecule has 29 heavy (non-hydrogen) atoms. The van der Waals surface area contributed by atoms with E-state index in [0.29, 0.717) is 5.75 Å². The summed E-state index contributed by atoms with van der Waals surface area (Å²) in [7, 11) is 0. The zero-order valence-corrected chi connectivity index (χ0v) is 15.8. The van der Waals surface area contributed by atoms with Crippen molar-refractivity contribution < 1.29 is 14.3 Å². The van der Waals surface area contributed by atoms with E-state index in [1.54, 1.807) is 6.08 Å². The number of ether oxygens (including phenoxy) is 2. The maximum absolute atomic E-state index is 12.2. The zero-order chi connectivity index (χ0) is 19.9. The van der Waals surface area contributed by atoms with Gasteiger partial charge in [0.2, 0.25) is 0 Å². The van der Waals surface area contributed by atoms with Crippen LogP contribution in [0.4, 0.5) is 0 Å². The molecular weight excluding hydrogens is 360 g/mol. The van der Waals surface area contributed by atoms with Crippen LogP contribution in [0, 0.1) is 0 Å². The second-order valence-corrected chi connectivity index (χ2v) is 6.57. The number of hydrogen-bond acceptors (Lipinski definition) is 3. The average molecular weight is 380 g/mol. The van der Waals surface area contributed by atoms with Crippen molar-refractivity contribution in [1.82, 2.24) is 0 Å². The first-order valence-electron chi connectivity index (χ1n) is 9.42. The van der Waals surface area contributed by atoms with Gasteiger partial charge in [-0.3, -0.25) is 0 Å². The second-order valence-electron chi connectivity index (χ2n) is 6.57. The lowest BCUT2D eigenvalue weighted by atomic mass is 10.0. The van der Waals surface area contributed by atoms with E-state index in [-0.39, 0.29) is 12.6 Å². The van der Waals surface area contributed by atoms with Crippen molar-refractivity contribution in [2.24, 2.45) is 0 Å². The molecule has 0 unspecified atom stereocenters. The van der Waals surface area contributed by atoms with Crippen LogP contribution >= 0.6 is 0 Å². The predicted octanol–water partition coefficient (Wildman–Crippen LogP) is 6.39. The van der Waals surface area contributed by atoms with Gasteiger partial charge in [-0.2, -0.15) is 0 Å². The van der Waals surface area contributed by atoms with Gasteiger partial charge >= 0.3 is 5.97 Å². The number of para-hydroxylation sites is 1. The Balaban J connectivity index is 1.38. The fraction of sp³-hybridized carbons (Fsp3) is 0.0385. The Bertz CT molecular complexity index is 1140. The molecule has 142 valence electrons. The number of esters is 1. The highest BCUT2D eigenvalue weighted by molar-refractivity contribution is 5.94. The number of carbonyl (C=O) groups excluding carboxylic acids is 1. The van der Waals surface area contributed by atoms with Gasteiger partial charge in [-0.15, -0.1) is 0 Å². The summed E-state index contributed by atoms with van der Waals surface area (Å²) in [6, 6.07) is 31.2. The molecule has 0 spiro atoms. The van der Waals surface area contributed by atoms with Crippen molar-refractivity contribution in [3.63, 3.8) is 0 Å². The van der Waals surface area contributed by atoms with Crippen molar-refractivity contribution in [1.29, 1.82) is 0 Å². The SMILES string of the molecule is O=C(C=Cc1cccc2ccccc12)OCc1cccc(Oc2ccccc2)c1. The van der Waals surface area contributed by atoms with Crippen molar-refractivity contribution >= 4 is 22.8 Å². The van der Waals surface area contributed by atoms with Gasteiger partial charge in [-0.1, -0.05) is 72.8 Å². The number of benzene rings is 4. The third-order valence-electron chi connectivity index (χ3n) is 4.48. The Hall–Kier alpha value is -3.85. The lowest BCUT2D eigenvalue weighted by molar-refractivity contribution is -0.138. The Labute approximate surface area is 169 Å². The molecule has 4 rings (SSSR count). The van der Waals surface area contributed by atoms with E-state index in [4.69, 9.17) is 9.47 Å². The fourth-order valence-electron chi connectivity index (χ4n) is 3.08. The minimum absolute atomic E-state index is 0.185. The molecule has 0 fully saturated rings. The summed E-state index contributed by atoms with van der Waals surface area (Å²) in [6.07, 6.45) is 3.26. The van der Waals surface area contributed by atoms with Gasteiger partial charge in [0.05, 0.1) is 0 Å². The molecule has 0 amide bonds. The minimum Gasteiger partial charge on any atom is -0.458 e. The monoisotopic (exact) mass is 380 g/mol. The molecule has 0 aromatic heterocycles. The number of hydrogen-bond donors (Lipinski definition) is 0. The summed E-state index contributed by atoms with van der Waals surface area (Å²) in [5.41, 5.74) is 1.85. The molecule has 0 aliphatic heterocycles. The molecule has 0 heterocycles. The minimum atomic E-state index is -0.382. The van der Waals surface area contributed by atoms with Crippen molar-refractivity contribution in [3.05, 3.63) is 114 Å². The first-order chi connectivity index (χ1) is 14.3. The molecule has 0 aliphatic carbocycles. The smallest absolute Gasteiger partial charge is 0.331 e. The predicted molar refractivity (Wildman–Crippen MR) is 116 cm³/mol. The molecular formula is C26H20O3. The Morgan fingerprint density at radius 1 is 0.759 bits per heavy atom. The maximum atomic E-state index is 12.2. The van der Waals surface area contributed by atoms with Crippen molar-refractivity contribution in [3.8, 4) is 11.5 Å². The average Bonchev–Trinajstić information content (AvgIpc) is 2.77. The van der Waals surface area contributed by atoms with Crippen LogP contribution in [0.3, 0.4) is 0 Å². The van der Waals surface area contributed by atoms with Crippen molar-refractivity contribution in [2.45, 2.75) is 6.61 Å². The molecule has 0 atom stereocenters. The first-order valence-corrected chi connectivity index (χ1v) is 9.42. The summed E-state index contributed by atoms with van der Waals surface area (Å²) in [6.45, 7) is 0.185. The summed E-state index contributed by atoms with van der Waals surface area (Å²) < 4.78 is 11.2. The van der Waals surface area contributed by atoms with Crippen LogP contribution in [0.5, 0.6) is 11.5 Å². The lowest BCUT2D eigenvalue weighted by Crippen LogP contribution is -2.00. The highest BCUT2D eigenvalue weighted by Crippen LogP contribution is 2.22. The topological polar surface area (TPSA) is 35.5 Å². The molecule has 3 heteroatoms. The van der Waals surface area contributed by atoms with Gasteiger partial charge in [-0.05, 0) is 52.2 Å².